The fourth-order valence-electron chi connectivity index (χ4n) is 0.978. The maximum absolute atomic E-state index is 13.0. The van der Waals surface area contributed by atoms with E-state index < -0.39 is 41.4 Å². The number of rotatable bonds is 2. The summed E-state index contributed by atoms with van der Waals surface area (Å²) in [5.41, 5.74) is 4.72. The normalized spacial score (nSPS) is 12.9. The average molecular weight is 207 g/mol. The minimum absolute atomic E-state index is 0.469. The molecular formula is C8H8F3NO2. The van der Waals surface area contributed by atoms with Crippen LogP contribution in [0.3, 0.4) is 0 Å². The lowest BCUT2D eigenvalue weighted by molar-refractivity contribution is 0.263. The van der Waals surface area contributed by atoms with Gasteiger partial charge in [0.2, 0.25) is 5.82 Å². The molecule has 78 valence electrons. The summed E-state index contributed by atoms with van der Waals surface area (Å²) in [7, 11) is 0. The van der Waals surface area contributed by atoms with E-state index in [0.717, 1.165) is 0 Å². The van der Waals surface area contributed by atoms with Crippen molar-refractivity contribution in [1.29, 1.82) is 0 Å². The predicted molar refractivity (Wildman–Crippen MR) is 42.0 cm³/mol. The second-order valence-corrected chi connectivity index (χ2v) is 2.71. The zero-order valence-electron chi connectivity index (χ0n) is 6.97. The summed E-state index contributed by atoms with van der Waals surface area (Å²) in [5, 5.41) is 17.4. The minimum atomic E-state index is -1.67. The van der Waals surface area contributed by atoms with E-state index in [1.165, 1.54) is 0 Å². The van der Waals surface area contributed by atoms with Gasteiger partial charge in [0.25, 0.3) is 0 Å². The molecule has 0 saturated carbocycles. The summed E-state index contributed by atoms with van der Waals surface area (Å²) in [6.45, 7) is -0.637. The quantitative estimate of drug-likeness (QED) is 0.628. The maximum atomic E-state index is 13.0. The highest BCUT2D eigenvalue weighted by atomic mass is 19.2. The number of hydrogen-bond acceptors (Lipinski definition) is 3. The molecule has 0 saturated heterocycles. The third-order valence-corrected chi connectivity index (χ3v) is 1.76. The highest BCUT2D eigenvalue weighted by molar-refractivity contribution is 5.34. The molecule has 1 rings (SSSR count). The van der Waals surface area contributed by atoms with Crippen molar-refractivity contribution >= 4 is 0 Å². The molecule has 6 heteroatoms. The Bertz CT molecular complexity index is 357. The van der Waals surface area contributed by atoms with Gasteiger partial charge in [-0.1, -0.05) is 0 Å². The van der Waals surface area contributed by atoms with Crippen LogP contribution in [0.4, 0.5) is 13.2 Å². The number of phenols is 1. The van der Waals surface area contributed by atoms with Crippen LogP contribution in [0.2, 0.25) is 0 Å². The van der Waals surface area contributed by atoms with E-state index in [1.807, 2.05) is 0 Å². The van der Waals surface area contributed by atoms with E-state index in [9.17, 15) is 13.2 Å². The first-order chi connectivity index (χ1) is 6.49. The minimum Gasteiger partial charge on any atom is -0.503 e. The number of benzene rings is 1. The van der Waals surface area contributed by atoms with Crippen molar-refractivity contribution in [2.24, 2.45) is 5.73 Å². The smallest absolute Gasteiger partial charge is 0.203 e. The molecular weight excluding hydrogens is 199 g/mol. The highest BCUT2D eigenvalue weighted by Gasteiger charge is 2.21. The van der Waals surface area contributed by atoms with Crippen LogP contribution in [-0.2, 0) is 0 Å². The molecule has 0 aliphatic carbocycles. The van der Waals surface area contributed by atoms with Crippen LogP contribution in [0.15, 0.2) is 6.07 Å². The Morgan fingerprint density at radius 3 is 2.36 bits per heavy atom. The van der Waals surface area contributed by atoms with Gasteiger partial charge in [-0.2, -0.15) is 4.39 Å². The van der Waals surface area contributed by atoms with Crippen molar-refractivity contribution in [2.45, 2.75) is 6.04 Å². The van der Waals surface area contributed by atoms with Gasteiger partial charge in [0, 0.05) is 5.56 Å². The molecule has 0 aromatic heterocycles. The predicted octanol–water partition coefficient (Wildman–Crippen LogP) is 0.802. The van der Waals surface area contributed by atoms with Crippen molar-refractivity contribution in [2.75, 3.05) is 6.61 Å². The van der Waals surface area contributed by atoms with Gasteiger partial charge in [-0.15, -0.1) is 0 Å². The topological polar surface area (TPSA) is 66.5 Å². The number of hydrogen-bond donors (Lipinski definition) is 3. The van der Waals surface area contributed by atoms with Crippen molar-refractivity contribution in [3.8, 4) is 5.75 Å². The molecule has 0 aliphatic rings. The Labute approximate surface area is 77.6 Å². The van der Waals surface area contributed by atoms with E-state index in [4.69, 9.17) is 15.9 Å². The molecule has 1 atom stereocenters. The van der Waals surface area contributed by atoms with Gasteiger partial charge in [0.05, 0.1) is 12.6 Å². The number of aromatic hydroxyl groups is 1. The van der Waals surface area contributed by atoms with Crippen LogP contribution in [0.25, 0.3) is 0 Å². The van der Waals surface area contributed by atoms with E-state index in [-0.39, 0.29) is 0 Å². The lowest BCUT2D eigenvalue weighted by atomic mass is 10.1. The molecule has 1 aromatic carbocycles. The summed E-state index contributed by atoms with van der Waals surface area (Å²) < 4.78 is 38.3. The lowest BCUT2D eigenvalue weighted by Crippen LogP contribution is -2.17. The molecule has 1 aromatic rings. The van der Waals surface area contributed by atoms with Crippen LogP contribution in [0.1, 0.15) is 11.6 Å². The first kappa shape index (κ1) is 10.8. The molecule has 0 bridgehead atoms. The number of aliphatic hydroxyl groups is 1. The third-order valence-electron chi connectivity index (χ3n) is 1.76. The summed E-state index contributed by atoms with van der Waals surface area (Å²) in [6, 6.07) is -0.693. The van der Waals surface area contributed by atoms with Crippen LogP contribution in [-0.4, -0.2) is 16.8 Å². The standard InChI is InChI=1S/C8H8F3NO2/c9-4-1-3(5(12)2-13)6(10)8(14)7(4)11/h1,5,13-14H,2,12H2. The fourth-order valence-corrected chi connectivity index (χ4v) is 0.978. The lowest BCUT2D eigenvalue weighted by Gasteiger charge is -2.11. The van der Waals surface area contributed by atoms with Crippen molar-refractivity contribution < 1.29 is 23.4 Å². The Morgan fingerprint density at radius 1 is 1.29 bits per heavy atom. The highest BCUT2D eigenvalue weighted by Crippen LogP contribution is 2.28. The first-order valence-corrected chi connectivity index (χ1v) is 3.71. The van der Waals surface area contributed by atoms with E-state index in [0.29, 0.717) is 6.07 Å². The van der Waals surface area contributed by atoms with Crippen LogP contribution < -0.4 is 5.73 Å². The second kappa shape index (κ2) is 3.85. The summed E-state index contributed by atoms with van der Waals surface area (Å²) in [4.78, 5) is 0. The number of phenolic OH excluding ortho intramolecular Hbond substituents is 1. The molecule has 1 unspecified atom stereocenters. The monoisotopic (exact) mass is 207 g/mol. The number of aliphatic hydroxyl groups excluding tert-OH is 1. The molecule has 0 spiro atoms. The van der Waals surface area contributed by atoms with Crippen molar-refractivity contribution in [3.63, 3.8) is 0 Å². The molecule has 3 nitrogen and oxygen atoms in total. The van der Waals surface area contributed by atoms with E-state index in [1.54, 1.807) is 0 Å². The molecule has 14 heavy (non-hydrogen) atoms. The van der Waals surface area contributed by atoms with Gasteiger partial charge >= 0.3 is 0 Å². The largest absolute Gasteiger partial charge is 0.503 e. The Kier molecular flexibility index (Phi) is 2.97. The van der Waals surface area contributed by atoms with Gasteiger partial charge in [0.1, 0.15) is 0 Å². The maximum Gasteiger partial charge on any atom is 0.203 e. The molecule has 0 fully saturated rings. The molecule has 0 radical (unpaired) electrons. The SMILES string of the molecule is NC(CO)c1cc(F)c(F)c(O)c1F. The molecule has 4 N–H and O–H groups in total. The second-order valence-electron chi connectivity index (χ2n) is 2.71. The van der Waals surface area contributed by atoms with Gasteiger partial charge in [0.15, 0.2) is 17.4 Å². The Morgan fingerprint density at radius 2 is 1.86 bits per heavy atom. The Balaban J connectivity index is 3.33. The summed E-state index contributed by atoms with van der Waals surface area (Å²) in [5.74, 6) is -5.87. The van der Waals surface area contributed by atoms with Gasteiger partial charge in [-0.05, 0) is 6.07 Å². The van der Waals surface area contributed by atoms with Crippen LogP contribution >= 0.6 is 0 Å². The average Bonchev–Trinajstić information content (AvgIpc) is 2.19. The molecule has 0 aliphatic heterocycles. The van der Waals surface area contributed by atoms with E-state index in [2.05, 4.69) is 0 Å². The van der Waals surface area contributed by atoms with E-state index >= 15 is 0 Å². The fraction of sp³-hybridized carbons (Fsp3) is 0.250. The van der Waals surface area contributed by atoms with Gasteiger partial charge in [-0.3, -0.25) is 0 Å². The summed E-state index contributed by atoms with van der Waals surface area (Å²) in [6.07, 6.45) is 0. The zero-order valence-corrected chi connectivity index (χ0v) is 6.97. The number of halogens is 3. The Hall–Kier alpha value is -1.27. The first-order valence-electron chi connectivity index (χ1n) is 3.71. The van der Waals surface area contributed by atoms with Gasteiger partial charge in [-0.25, -0.2) is 8.78 Å². The van der Waals surface area contributed by atoms with Crippen LogP contribution in [0, 0.1) is 17.5 Å². The molecule has 0 heterocycles. The zero-order chi connectivity index (χ0) is 10.9. The van der Waals surface area contributed by atoms with Crippen molar-refractivity contribution in [1.82, 2.24) is 0 Å². The van der Waals surface area contributed by atoms with Crippen LogP contribution in [0.5, 0.6) is 5.75 Å². The van der Waals surface area contributed by atoms with Crippen molar-refractivity contribution in [3.05, 3.63) is 29.1 Å². The third kappa shape index (κ3) is 1.66. The van der Waals surface area contributed by atoms with Gasteiger partial charge < -0.3 is 15.9 Å². The number of nitrogens with two attached hydrogens (primary N) is 1. The molecule has 0 amide bonds. The summed E-state index contributed by atoms with van der Waals surface area (Å²) >= 11 is 0.